The van der Waals surface area contributed by atoms with Crippen LogP contribution in [-0.2, 0) is 5.41 Å². The number of benzene rings is 2. The molecule has 5 heteroatoms. The molecule has 140 valence electrons. The summed E-state index contributed by atoms with van der Waals surface area (Å²) in [4.78, 5) is 8.53. The molecule has 5 nitrogen and oxygen atoms in total. The van der Waals surface area contributed by atoms with Gasteiger partial charge in [0.15, 0.2) is 0 Å². The fourth-order valence-electron chi connectivity index (χ4n) is 3.08. The summed E-state index contributed by atoms with van der Waals surface area (Å²) in [5, 5.41) is 4.16. The highest BCUT2D eigenvalue weighted by Gasteiger charge is 2.22. The van der Waals surface area contributed by atoms with Gasteiger partial charge in [-0.15, -0.1) is 0 Å². The lowest BCUT2D eigenvalue weighted by Gasteiger charge is -2.26. The topological polar surface area (TPSA) is 52.8 Å². The van der Waals surface area contributed by atoms with Crippen molar-refractivity contribution in [3.05, 3.63) is 96.1 Å². The lowest BCUT2D eigenvalue weighted by molar-refractivity contribution is 0.440. The van der Waals surface area contributed by atoms with Crippen LogP contribution in [0.15, 0.2) is 79.4 Å². The Morgan fingerprint density at radius 1 is 0.857 bits per heavy atom. The van der Waals surface area contributed by atoms with Crippen LogP contribution in [0, 0.1) is 6.92 Å². The summed E-state index contributed by atoms with van der Waals surface area (Å²) in [6, 6.07) is 18.9. The first-order valence-electron chi connectivity index (χ1n) is 9.20. The molecule has 0 N–H and O–H groups in total. The summed E-state index contributed by atoms with van der Waals surface area (Å²) in [7, 11) is 0. The maximum Gasteiger partial charge on any atom is 0.322 e. The molecule has 2 aromatic carbocycles. The number of hydrogen-bond donors (Lipinski definition) is 0. The molecule has 4 rings (SSSR count). The van der Waals surface area contributed by atoms with E-state index in [0.717, 1.165) is 5.69 Å². The maximum absolute atomic E-state index is 5.79. The van der Waals surface area contributed by atoms with Crippen LogP contribution < -0.4 is 4.74 Å². The summed E-state index contributed by atoms with van der Waals surface area (Å²) in [5.74, 6) is 0.704. The minimum Gasteiger partial charge on any atom is -0.424 e. The van der Waals surface area contributed by atoms with Crippen LogP contribution in [0.3, 0.4) is 0 Å². The number of hydrogen-bond acceptors (Lipinski definition) is 4. The molecule has 0 bridgehead atoms. The van der Waals surface area contributed by atoms with Crippen molar-refractivity contribution in [2.45, 2.75) is 26.2 Å². The Hall–Kier alpha value is -3.47. The molecule has 0 atom stereocenters. The number of ether oxygens (including phenoxy) is 1. The maximum atomic E-state index is 5.79. The van der Waals surface area contributed by atoms with Gasteiger partial charge in [-0.05, 0) is 36.2 Å². The Morgan fingerprint density at radius 3 is 2.04 bits per heavy atom. The summed E-state index contributed by atoms with van der Waals surface area (Å²) < 4.78 is 7.49. The van der Waals surface area contributed by atoms with E-state index in [1.54, 1.807) is 23.3 Å². The first-order chi connectivity index (χ1) is 13.5. The van der Waals surface area contributed by atoms with Crippen molar-refractivity contribution >= 4 is 0 Å². The third-order valence-electron chi connectivity index (χ3n) is 4.94. The molecule has 28 heavy (non-hydrogen) atoms. The van der Waals surface area contributed by atoms with Crippen LogP contribution in [0.1, 0.15) is 30.5 Å². The van der Waals surface area contributed by atoms with Crippen LogP contribution in [0.5, 0.6) is 11.8 Å². The molecule has 0 spiro atoms. The fourth-order valence-corrected chi connectivity index (χ4v) is 3.08. The van der Waals surface area contributed by atoms with Gasteiger partial charge in [0.2, 0.25) is 0 Å². The van der Waals surface area contributed by atoms with Crippen LogP contribution in [-0.4, -0.2) is 19.7 Å². The minimum absolute atomic E-state index is 0.0891. The molecule has 0 radical (unpaired) electrons. The molecule has 0 amide bonds. The zero-order chi connectivity index (χ0) is 19.6. The number of aryl methyl sites for hydroxylation is 1. The molecule has 4 aromatic rings. The van der Waals surface area contributed by atoms with E-state index in [9.17, 15) is 0 Å². The van der Waals surface area contributed by atoms with Gasteiger partial charge in [-0.3, -0.25) is 0 Å². The van der Waals surface area contributed by atoms with Gasteiger partial charge in [0.05, 0.1) is 12.4 Å². The van der Waals surface area contributed by atoms with E-state index in [2.05, 4.69) is 72.2 Å². The second-order valence-corrected chi connectivity index (χ2v) is 7.29. The SMILES string of the molecule is Cc1ccc(C(C)(C)c2ccc(Oc3ncc(-n4cccn4)cn3)cc2)cc1. The second-order valence-electron chi connectivity index (χ2n) is 7.29. The van der Waals surface area contributed by atoms with Gasteiger partial charge in [0.1, 0.15) is 11.4 Å². The molecule has 0 aliphatic rings. The summed E-state index contributed by atoms with van der Waals surface area (Å²) in [6.07, 6.45) is 6.92. The van der Waals surface area contributed by atoms with Gasteiger partial charge in [-0.25, -0.2) is 14.6 Å². The average Bonchev–Trinajstić information content (AvgIpc) is 3.24. The molecule has 0 aliphatic carbocycles. The number of rotatable bonds is 5. The van der Waals surface area contributed by atoms with Gasteiger partial charge < -0.3 is 4.74 Å². The standard InChI is InChI=1S/C23H22N4O/c1-17-5-7-18(8-6-17)23(2,3)19-9-11-21(12-10-19)28-22-24-15-20(16-25-22)27-14-4-13-26-27/h4-16H,1-3H3. The molecule has 2 aromatic heterocycles. The highest BCUT2D eigenvalue weighted by molar-refractivity contribution is 5.41. The zero-order valence-corrected chi connectivity index (χ0v) is 16.2. The van der Waals surface area contributed by atoms with Gasteiger partial charge in [-0.2, -0.15) is 5.10 Å². The summed E-state index contributed by atoms with van der Waals surface area (Å²) >= 11 is 0. The van der Waals surface area contributed by atoms with E-state index in [0.29, 0.717) is 11.8 Å². The molecule has 0 saturated heterocycles. The van der Waals surface area contributed by atoms with Crippen LogP contribution in [0.25, 0.3) is 5.69 Å². The lowest BCUT2D eigenvalue weighted by atomic mass is 9.78. The predicted octanol–water partition coefficient (Wildman–Crippen LogP) is 5.09. The Kier molecular flexibility index (Phi) is 4.65. The average molecular weight is 370 g/mol. The van der Waals surface area contributed by atoms with E-state index >= 15 is 0 Å². The van der Waals surface area contributed by atoms with Crippen molar-refractivity contribution in [1.29, 1.82) is 0 Å². The molecule has 2 heterocycles. The number of nitrogens with zero attached hydrogens (tertiary/aromatic N) is 4. The second kappa shape index (κ2) is 7.27. The molecule has 0 fully saturated rings. The van der Waals surface area contributed by atoms with Crippen molar-refractivity contribution in [3.8, 4) is 17.4 Å². The molecular weight excluding hydrogens is 348 g/mol. The van der Waals surface area contributed by atoms with Crippen LogP contribution in [0.4, 0.5) is 0 Å². The Balaban J connectivity index is 1.49. The summed E-state index contributed by atoms with van der Waals surface area (Å²) in [6.45, 7) is 6.56. The van der Waals surface area contributed by atoms with Crippen LogP contribution >= 0.6 is 0 Å². The van der Waals surface area contributed by atoms with E-state index in [1.807, 2.05) is 24.4 Å². The molecule has 0 aliphatic heterocycles. The highest BCUT2D eigenvalue weighted by atomic mass is 16.5. The van der Waals surface area contributed by atoms with Crippen LogP contribution in [0.2, 0.25) is 0 Å². The van der Waals surface area contributed by atoms with Gasteiger partial charge >= 0.3 is 6.01 Å². The smallest absolute Gasteiger partial charge is 0.322 e. The monoisotopic (exact) mass is 370 g/mol. The van der Waals surface area contributed by atoms with Gasteiger partial charge in [-0.1, -0.05) is 55.8 Å². The molecule has 0 unspecified atom stereocenters. The van der Waals surface area contributed by atoms with Crippen molar-refractivity contribution in [3.63, 3.8) is 0 Å². The van der Waals surface area contributed by atoms with Gasteiger partial charge in [0.25, 0.3) is 0 Å². The Labute approximate surface area is 164 Å². The molecular formula is C23H22N4O. The van der Waals surface area contributed by atoms with E-state index < -0.39 is 0 Å². The highest BCUT2D eigenvalue weighted by Crippen LogP contribution is 2.33. The quantitative estimate of drug-likeness (QED) is 0.491. The van der Waals surface area contributed by atoms with E-state index in [4.69, 9.17) is 4.74 Å². The lowest BCUT2D eigenvalue weighted by Crippen LogP contribution is -2.18. The normalized spacial score (nSPS) is 11.4. The predicted molar refractivity (Wildman–Crippen MR) is 109 cm³/mol. The summed E-state index contributed by atoms with van der Waals surface area (Å²) in [5.41, 5.74) is 4.46. The van der Waals surface area contributed by atoms with Crippen molar-refractivity contribution in [1.82, 2.24) is 19.7 Å². The minimum atomic E-state index is -0.0891. The third-order valence-corrected chi connectivity index (χ3v) is 4.94. The third kappa shape index (κ3) is 3.64. The van der Waals surface area contributed by atoms with Gasteiger partial charge in [0, 0.05) is 17.8 Å². The fraction of sp³-hybridized carbons (Fsp3) is 0.174. The largest absolute Gasteiger partial charge is 0.424 e. The number of aromatic nitrogens is 4. The zero-order valence-electron chi connectivity index (χ0n) is 16.2. The first kappa shape index (κ1) is 17.9. The van der Waals surface area contributed by atoms with Crippen molar-refractivity contribution < 1.29 is 4.74 Å². The van der Waals surface area contributed by atoms with Crippen molar-refractivity contribution in [2.75, 3.05) is 0 Å². The Bertz CT molecular complexity index is 1040. The molecule has 0 saturated carbocycles. The Morgan fingerprint density at radius 2 is 1.46 bits per heavy atom. The van der Waals surface area contributed by atoms with E-state index in [-0.39, 0.29) is 5.41 Å². The first-order valence-corrected chi connectivity index (χ1v) is 9.20. The van der Waals surface area contributed by atoms with E-state index in [1.165, 1.54) is 16.7 Å². The van der Waals surface area contributed by atoms with Crippen molar-refractivity contribution in [2.24, 2.45) is 0 Å².